The highest BCUT2D eigenvalue weighted by molar-refractivity contribution is 5.31. The number of aliphatic hydroxyl groups excluding tert-OH is 1. The van der Waals surface area contributed by atoms with E-state index in [2.05, 4.69) is 24.3 Å². The van der Waals surface area contributed by atoms with Crippen molar-refractivity contribution in [3.63, 3.8) is 0 Å². The van der Waals surface area contributed by atoms with E-state index in [1.807, 2.05) is 37.3 Å². The van der Waals surface area contributed by atoms with Crippen LogP contribution in [0.5, 0.6) is 5.75 Å². The molecule has 2 atom stereocenters. The number of quaternary nitrogens is 1. The van der Waals surface area contributed by atoms with Gasteiger partial charge in [0.1, 0.15) is 5.75 Å². The number of nitrogens with one attached hydrogen (secondary N) is 1. The predicted octanol–water partition coefficient (Wildman–Crippen LogP) is 2.97. The summed E-state index contributed by atoms with van der Waals surface area (Å²) < 4.78 is 5.52. The first kappa shape index (κ1) is 18.0. The van der Waals surface area contributed by atoms with Gasteiger partial charge in [0.2, 0.25) is 0 Å². The molecule has 1 aliphatic heterocycles. The summed E-state index contributed by atoms with van der Waals surface area (Å²) in [7, 11) is 0. The molecule has 1 aliphatic rings. The molecule has 1 heterocycles. The summed E-state index contributed by atoms with van der Waals surface area (Å²) in [6.45, 7) is 6.07. The fourth-order valence-corrected chi connectivity index (χ4v) is 3.84. The standard InChI is InChI=1S/C22H29NO2/c1-2-25-20-13-11-19(12-14-20)22(24)21(18-9-5-3-6-10-18)17-23-15-7-4-8-16-23/h3,5-6,9-14,21-22,24H,2,4,7-8,15-17H2,1H3/p+1/t21-,22+/m1/s1. The number of ether oxygens (including phenoxy) is 1. The Kier molecular flexibility index (Phi) is 6.48. The van der Waals surface area contributed by atoms with Crippen LogP contribution in [-0.4, -0.2) is 31.3 Å². The molecule has 0 aliphatic carbocycles. The number of hydrogen-bond acceptors (Lipinski definition) is 2. The topological polar surface area (TPSA) is 33.9 Å². The van der Waals surface area contributed by atoms with Crippen LogP contribution in [0.3, 0.4) is 0 Å². The van der Waals surface area contributed by atoms with Gasteiger partial charge in [-0.05, 0) is 49.4 Å². The van der Waals surface area contributed by atoms with Crippen LogP contribution in [0, 0.1) is 0 Å². The predicted molar refractivity (Wildman–Crippen MR) is 101 cm³/mol. The van der Waals surface area contributed by atoms with Gasteiger partial charge < -0.3 is 14.7 Å². The minimum Gasteiger partial charge on any atom is -0.494 e. The van der Waals surface area contributed by atoms with Gasteiger partial charge in [0, 0.05) is 0 Å². The van der Waals surface area contributed by atoms with Gasteiger partial charge >= 0.3 is 0 Å². The van der Waals surface area contributed by atoms with E-state index >= 15 is 0 Å². The molecule has 1 fully saturated rings. The van der Waals surface area contributed by atoms with Crippen LogP contribution in [0.2, 0.25) is 0 Å². The van der Waals surface area contributed by atoms with E-state index in [9.17, 15) is 5.11 Å². The molecule has 134 valence electrons. The molecule has 0 unspecified atom stereocenters. The molecule has 0 bridgehead atoms. The number of rotatable bonds is 7. The molecule has 0 aromatic heterocycles. The van der Waals surface area contributed by atoms with Crippen LogP contribution in [0.1, 0.15) is 49.3 Å². The molecule has 0 saturated carbocycles. The van der Waals surface area contributed by atoms with Crippen molar-refractivity contribution in [3.05, 3.63) is 65.7 Å². The summed E-state index contributed by atoms with van der Waals surface area (Å²) in [5, 5.41) is 11.1. The fraction of sp³-hybridized carbons (Fsp3) is 0.455. The van der Waals surface area contributed by atoms with Gasteiger partial charge in [0.15, 0.2) is 0 Å². The van der Waals surface area contributed by atoms with Gasteiger partial charge in [-0.3, -0.25) is 0 Å². The van der Waals surface area contributed by atoms with Crippen LogP contribution in [0.25, 0.3) is 0 Å². The highest BCUT2D eigenvalue weighted by atomic mass is 16.5. The van der Waals surface area contributed by atoms with Gasteiger partial charge in [-0.25, -0.2) is 0 Å². The lowest BCUT2D eigenvalue weighted by molar-refractivity contribution is -0.906. The summed E-state index contributed by atoms with van der Waals surface area (Å²) in [4.78, 5) is 1.62. The Labute approximate surface area is 151 Å². The van der Waals surface area contributed by atoms with Crippen molar-refractivity contribution in [2.24, 2.45) is 0 Å². The zero-order valence-corrected chi connectivity index (χ0v) is 15.2. The summed E-state index contributed by atoms with van der Waals surface area (Å²) in [5.74, 6) is 0.976. The number of aliphatic hydroxyl groups is 1. The monoisotopic (exact) mass is 340 g/mol. The van der Waals surface area contributed by atoms with Crippen LogP contribution in [0.15, 0.2) is 54.6 Å². The van der Waals surface area contributed by atoms with Crippen LogP contribution in [-0.2, 0) is 0 Å². The Bertz CT molecular complexity index is 620. The van der Waals surface area contributed by atoms with E-state index in [0.717, 1.165) is 17.9 Å². The Morgan fingerprint density at radius 3 is 2.24 bits per heavy atom. The van der Waals surface area contributed by atoms with E-state index in [0.29, 0.717) is 6.61 Å². The molecule has 25 heavy (non-hydrogen) atoms. The van der Waals surface area contributed by atoms with Gasteiger partial charge in [-0.1, -0.05) is 42.5 Å². The quantitative estimate of drug-likeness (QED) is 0.812. The lowest BCUT2D eigenvalue weighted by atomic mass is 9.88. The van der Waals surface area contributed by atoms with Crippen molar-refractivity contribution in [1.82, 2.24) is 0 Å². The van der Waals surface area contributed by atoms with Crippen molar-refractivity contribution in [2.45, 2.75) is 38.2 Å². The van der Waals surface area contributed by atoms with E-state index in [4.69, 9.17) is 4.74 Å². The normalized spacial score (nSPS) is 17.8. The summed E-state index contributed by atoms with van der Waals surface area (Å²) >= 11 is 0. The lowest BCUT2D eigenvalue weighted by Gasteiger charge is -2.30. The van der Waals surface area contributed by atoms with Crippen LogP contribution < -0.4 is 9.64 Å². The van der Waals surface area contributed by atoms with E-state index in [-0.39, 0.29) is 5.92 Å². The number of benzene rings is 2. The van der Waals surface area contributed by atoms with E-state index < -0.39 is 6.10 Å². The van der Waals surface area contributed by atoms with Crippen LogP contribution in [0.4, 0.5) is 0 Å². The SMILES string of the molecule is CCOc1ccc([C@H](O)[C@H](C[NH+]2CCCCC2)c2ccccc2)cc1. The summed E-state index contributed by atoms with van der Waals surface area (Å²) in [5.41, 5.74) is 2.19. The molecule has 0 amide bonds. The van der Waals surface area contributed by atoms with Crippen molar-refractivity contribution < 1.29 is 14.7 Å². The molecular weight excluding hydrogens is 310 g/mol. The average Bonchev–Trinajstić information content (AvgIpc) is 2.68. The largest absolute Gasteiger partial charge is 0.494 e. The number of hydrogen-bond donors (Lipinski definition) is 2. The molecule has 2 aromatic rings. The maximum Gasteiger partial charge on any atom is 0.119 e. The van der Waals surface area contributed by atoms with E-state index in [1.165, 1.54) is 37.9 Å². The Morgan fingerprint density at radius 2 is 1.60 bits per heavy atom. The first-order valence-electron chi connectivity index (χ1n) is 9.57. The fourth-order valence-electron chi connectivity index (χ4n) is 3.84. The maximum atomic E-state index is 11.1. The first-order chi connectivity index (χ1) is 12.3. The molecule has 2 aromatic carbocycles. The lowest BCUT2D eigenvalue weighted by Crippen LogP contribution is -3.13. The third-order valence-electron chi connectivity index (χ3n) is 5.21. The van der Waals surface area contributed by atoms with Gasteiger partial charge in [-0.2, -0.15) is 0 Å². The first-order valence-corrected chi connectivity index (χ1v) is 9.57. The Morgan fingerprint density at radius 1 is 0.920 bits per heavy atom. The third kappa shape index (κ3) is 4.83. The molecule has 3 heteroatoms. The smallest absolute Gasteiger partial charge is 0.119 e. The van der Waals surface area contributed by atoms with Crippen LogP contribution >= 0.6 is 0 Å². The average molecular weight is 340 g/mol. The van der Waals surface area contributed by atoms with Gasteiger partial charge in [0.05, 0.1) is 38.3 Å². The van der Waals surface area contributed by atoms with Crippen molar-refractivity contribution in [1.29, 1.82) is 0 Å². The van der Waals surface area contributed by atoms with Crippen molar-refractivity contribution in [3.8, 4) is 5.75 Å². The Hall–Kier alpha value is -1.84. The highest BCUT2D eigenvalue weighted by Gasteiger charge is 2.28. The second-order valence-electron chi connectivity index (χ2n) is 6.98. The molecule has 3 nitrogen and oxygen atoms in total. The van der Waals surface area contributed by atoms with Crippen molar-refractivity contribution >= 4 is 0 Å². The maximum absolute atomic E-state index is 11.1. The zero-order valence-electron chi connectivity index (χ0n) is 15.2. The zero-order chi connectivity index (χ0) is 17.5. The molecule has 0 radical (unpaired) electrons. The summed E-state index contributed by atoms with van der Waals surface area (Å²) in [6, 6.07) is 18.4. The van der Waals surface area contributed by atoms with Gasteiger partial charge in [0.25, 0.3) is 0 Å². The Balaban J connectivity index is 1.79. The summed E-state index contributed by atoms with van der Waals surface area (Å²) in [6.07, 6.45) is 3.46. The molecule has 3 rings (SSSR count). The second kappa shape index (κ2) is 9.02. The highest BCUT2D eigenvalue weighted by Crippen LogP contribution is 2.31. The van der Waals surface area contributed by atoms with E-state index in [1.54, 1.807) is 4.90 Å². The second-order valence-corrected chi connectivity index (χ2v) is 6.98. The molecule has 2 N–H and O–H groups in total. The number of piperidine rings is 1. The molecule has 0 spiro atoms. The third-order valence-corrected chi connectivity index (χ3v) is 5.21. The molecule has 1 saturated heterocycles. The minimum atomic E-state index is -0.493. The molecular formula is C22H30NO2+. The number of likely N-dealkylation sites (tertiary alicyclic amines) is 1. The minimum absolute atomic E-state index is 0.118. The van der Waals surface area contributed by atoms with Gasteiger partial charge in [-0.15, -0.1) is 0 Å². The van der Waals surface area contributed by atoms with Crippen molar-refractivity contribution in [2.75, 3.05) is 26.2 Å².